The van der Waals surface area contributed by atoms with Crippen LogP contribution in [-0.2, 0) is 0 Å². The first-order chi connectivity index (χ1) is 7.00. The first kappa shape index (κ1) is 11.6. The summed E-state index contributed by atoms with van der Waals surface area (Å²) in [6.07, 6.45) is 1.48. The average Bonchev–Trinajstić information content (AvgIpc) is 2.24. The Morgan fingerprint density at radius 3 is 1.60 bits per heavy atom. The van der Waals surface area contributed by atoms with E-state index < -0.39 is 41.3 Å². The van der Waals surface area contributed by atoms with E-state index in [4.69, 9.17) is 5.11 Å². The molecule has 15 heavy (non-hydrogen) atoms. The lowest BCUT2D eigenvalue weighted by atomic mass is 10.1. The Morgan fingerprint density at radius 1 is 0.800 bits per heavy atom. The van der Waals surface area contributed by atoms with Gasteiger partial charge in [-0.3, -0.25) is 0 Å². The van der Waals surface area contributed by atoms with E-state index in [-0.39, 0.29) is 0 Å². The molecule has 0 radical (unpaired) electrons. The van der Waals surface area contributed by atoms with Gasteiger partial charge in [-0.25, -0.2) is 22.0 Å². The number of rotatable bonds is 2. The number of aliphatic hydroxyl groups excluding tert-OH is 1. The molecule has 0 aliphatic rings. The summed E-state index contributed by atoms with van der Waals surface area (Å²) in [5.74, 6) is -10.1. The highest BCUT2D eigenvalue weighted by atomic mass is 19.2. The van der Waals surface area contributed by atoms with Crippen molar-refractivity contribution in [1.29, 1.82) is 0 Å². The van der Waals surface area contributed by atoms with E-state index >= 15 is 0 Å². The van der Waals surface area contributed by atoms with Gasteiger partial charge in [0.05, 0.1) is 12.2 Å². The lowest BCUT2D eigenvalue weighted by Gasteiger charge is -2.03. The maximum absolute atomic E-state index is 12.9. The van der Waals surface area contributed by atoms with Crippen LogP contribution in [0.1, 0.15) is 5.56 Å². The van der Waals surface area contributed by atoms with Crippen molar-refractivity contribution in [2.45, 2.75) is 0 Å². The van der Waals surface area contributed by atoms with Crippen LogP contribution in [-0.4, -0.2) is 11.7 Å². The Kier molecular flexibility index (Phi) is 3.41. The van der Waals surface area contributed by atoms with E-state index in [0.717, 1.165) is 6.08 Å². The fourth-order valence-electron chi connectivity index (χ4n) is 0.939. The van der Waals surface area contributed by atoms with Gasteiger partial charge in [0, 0.05) is 0 Å². The molecule has 82 valence electrons. The minimum atomic E-state index is -2.20. The van der Waals surface area contributed by atoms with E-state index in [2.05, 4.69) is 0 Å². The zero-order valence-electron chi connectivity index (χ0n) is 7.20. The van der Waals surface area contributed by atoms with Gasteiger partial charge < -0.3 is 5.11 Å². The van der Waals surface area contributed by atoms with Crippen LogP contribution in [0.5, 0.6) is 0 Å². The molecular weight excluding hydrogens is 219 g/mol. The predicted molar refractivity (Wildman–Crippen MR) is 42.4 cm³/mol. The highest BCUT2D eigenvalue weighted by molar-refractivity contribution is 5.51. The first-order valence-electron chi connectivity index (χ1n) is 3.79. The van der Waals surface area contributed by atoms with Crippen molar-refractivity contribution in [3.8, 4) is 0 Å². The molecule has 1 rings (SSSR count). The fraction of sp³-hybridized carbons (Fsp3) is 0.111. The van der Waals surface area contributed by atoms with E-state index in [0.29, 0.717) is 6.08 Å². The highest BCUT2D eigenvalue weighted by Gasteiger charge is 2.23. The maximum atomic E-state index is 12.9. The third-order valence-corrected chi connectivity index (χ3v) is 1.63. The van der Waals surface area contributed by atoms with Crippen LogP contribution in [0.2, 0.25) is 0 Å². The summed E-state index contributed by atoms with van der Waals surface area (Å²) >= 11 is 0. The smallest absolute Gasteiger partial charge is 0.200 e. The molecule has 0 aromatic heterocycles. The van der Waals surface area contributed by atoms with Gasteiger partial charge in [0.1, 0.15) is 0 Å². The topological polar surface area (TPSA) is 20.2 Å². The number of hydrogen-bond acceptors (Lipinski definition) is 1. The second kappa shape index (κ2) is 4.39. The zero-order valence-corrected chi connectivity index (χ0v) is 7.20. The molecule has 0 bridgehead atoms. The summed E-state index contributed by atoms with van der Waals surface area (Å²) in [6.45, 7) is -0.570. The van der Waals surface area contributed by atoms with Gasteiger partial charge in [-0.1, -0.05) is 12.2 Å². The van der Waals surface area contributed by atoms with Gasteiger partial charge in [0.25, 0.3) is 0 Å². The van der Waals surface area contributed by atoms with Crippen LogP contribution < -0.4 is 0 Å². The molecular formula is C9H5F5O. The molecule has 1 nitrogen and oxygen atoms in total. The number of hydrogen-bond donors (Lipinski definition) is 1. The highest BCUT2D eigenvalue weighted by Crippen LogP contribution is 2.23. The minimum Gasteiger partial charge on any atom is -0.392 e. The second-order valence-corrected chi connectivity index (χ2v) is 2.57. The predicted octanol–water partition coefficient (Wildman–Crippen LogP) is 2.39. The van der Waals surface area contributed by atoms with Crippen molar-refractivity contribution in [3.63, 3.8) is 0 Å². The molecule has 0 spiro atoms. The molecule has 0 saturated carbocycles. The molecule has 0 amide bonds. The SMILES string of the molecule is OC/C=C/c1c(F)c(F)c(F)c(F)c1F. The third-order valence-electron chi connectivity index (χ3n) is 1.63. The molecule has 1 aromatic rings. The summed E-state index contributed by atoms with van der Waals surface area (Å²) in [5.41, 5.74) is -1.07. The number of aliphatic hydroxyl groups is 1. The lowest BCUT2D eigenvalue weighted by Crippen LogP contribution is -2.03. The molecule has 0 atom stereocenters. The molecule has 0 saturated heterocycles. The summed E-state index contributed by atoms with van der Waals surface area (Å²) in [5, 5.41) is 8.31. The van der Waals surface area contributed by atoms with Crippen LogP contribution in [0.25, 0.3) is 6.08 Å². The van der Waals surface area contributed by atoms with Crippen molar-refractivity contribution in [3.05, 3.63) is 40.7 Å². The molecule has 0 aliphatic heterocycles. The normalized spacial score (nSPS) is 11.3. The van der Waals surface area contributed by atoms with E-state index in [1.54, 1.807) is 0 Å². The fourth-order valence-corrected chi connectivity index (χ4v) is 0.939. The van der Waals surface area contributed by atoms with Gasteiger partial charge >= 0.3 is 0 Å². The molecule has 1 N–H and O–H groups in total. The van der Waals surface area contributed by atoms with E-state index in [1.807, 2.05) is 0 Å². The Hall–Kier alpha value is -1.43. The Balaban J connectivity index is 3.45. The quantitative estimate of drug-likeness (QED) is 0.464. The average molecular weight is 224 g/mol. The van der Waals surface area contributed by atoms with E-state index in [9.17, 15) is 22.0 Å². The van der Waals surface area contributed by atoms with Crippen molar-refractivity contribution in [2.24, 2.45) is 0 Å². The van der Waals surface area contributed by atoms with Crippen LogP contribution in [0, 0.1) is 29.1 Å². The van der Waals surface area contributed by atoms with Crippen LogP contribution in [0.4, 0.5) is 22.0 Å². The molecule has 6 heteroatoms. The van der Waals surface area contributed by atoms with Gasteiger partial charge in [-0.15, -0.1) is 0 Å². The largest absolute Gasteiger partial charge is 0.392 e. The number of benzene rings is 1. The Morgan fingerprint density at radius 2 is 1.20 bits per heavy atom. The number of halogens is 5. The lowest BCUT2D eigenvalue weighted by molar-refractivity contribution is 0.343. The van der Waals surface area contributed by atoms with Crippen molar-refractivity contribution in [1.82, 2.24) is 0 Å². The third kappa shape index (κ3) is 1.99. The summed E-state index contributed by atoms with van der Waals surface area (Å²) in [4.78, 5) is 0. The monoisotopic (exact) mass is 224 g/mol. The molecule has 0 unspecified atom stereocenters. The summed E-state index contributed by atoms with van der Waals surface area (Å²) in [7, 11) is 0. The van der Waals surface area contributed by atoms with Gasteiger partial charge in [0.2, 0.25) is 5.82 Å². The van der Waals surface area contributed by atoms with Crippen molar-refractivity contribution >= 4 is 6.08 Å². The first-order valence-corrected chi connectivity index (χ1v) is 3.79. The Labute approximate surface area is 81.5 Å². The minimum absolute atomic E-state index is 0.570. The summed E-state index contributed by atoms with van der Waals surface area (Å²) in [6, 6.07) is 0. The molecule has 1 aromatic carbocycles. The van der Waals surface area contributed by atoms with Crippen LogP contribution >= 0.6 is 0 Å². The molecule has 0 aliphatic carbocycles. The summed E-state index contributed by atoms with van der Waals surface area (Å²) < 4.78 is 63.4. The van der Waals surface area contributed by atoms with Gasteiger partial charge in [-0.05, 0) is 0 Å². The standard InChI is InChI=1S/C9H5F5O/c10-5-4(2-1-3-15)6(11)8(13)9(14)7(5)12/h1-2,15H,3H2/b2-1+. The Bertz CT molecular complexity index is 384. The van der Waals surface area contributed by atoms with Gasteiger partial charge in [0.15, 0.2) is 23.3 Å². The van der Waals surface area contributed by atoms with Crippen LogP contribution in [0.3, 0.4) is 0 Å². The van der Waals surface area contributed by atoms with Crippen molar-refractivity contribution in [2.75, 3.05) is 6.61 Å². The van der Waals surface area contributed by atoms with Crippen LogP contribution in [0.15, 0.2) is 6.08 Å². The molecule has 0 heterocycles. The van der Waals surface area contributed by atoms with E-state index in [1.165, 1.54) is 0 Å². The van der Waals surface area contributed by atoms with Gasteiger partial charge in [-0.2, -0.15) is 0 Å². The molecule has 0 fully saturated rings. The maximum Gasteiger partial charge on any atom is 0.200 e. The second-order valence-electron chi connectivity index (χ2n) is 2.57. The van der Waals surface area contributed by atoms with Crippen molar-refractivity contribution < 1.29 is 27.1 Å². The zero-order chi connectivity index (χ0) is 11.6.